The minimum atomic E-state index is -0.142. The number of benzene rings is 1. The van der Waals surface area contributed by atoms with Crippen LogP contribution >= 0.6 is 0 Å². The fraction of sp³-hybridized carbons (Fsp3) is 0.625. The zero-order valence-corrected chi connectivity index (χ0v) is 19.5. The zero-order chi connectivity index (χ0) is 22.8. The normalized spacial score (nSPS) is 22.5. The molecular formula is C24H35N5O3. The number of likely N-dealkylation sites (tertiary alicyclic amines) is 1. The smallest absolute Gasteiger partial charge is 0.329 e. The van der Waals surface area contributed by atoms with Crippen LogP contribution in [0.4, 0.5) is 0 Å². The highest BCUT2D eigenvalue weighted by atomic mass is 16.2. The van der Waals surface area contributed by atoms with Crippen molar-refractivity contribution < 1.29 is 9.59 Å². The second-order valence-corrected chi connectivity index (χ2v) is 9.50. The Labute approximate surface area is 189 Å². The van der Waals surface area contributed by atoms with Crippen LogP contribution in [0, 0.1) is 11.8 Å². The molecule has 4 rings (SSSR count). The summed E-state index contributed by atoms with van der Waals surface area (Å²) in [6.45, 7) is 11.6. The van der Waals surface area contributed by atoms with Gasteiger partial charge in [0.15, 0.2) is 0 Å². The van der Waals surface area contributed by atoms with E-state index in [4.69, 9.17) is 0 Å². The fourth-order valence-corrected chi connectivity index (χ4v) is 5.28. The number of carbonyl (C=O) groups excluding carboxylic acids is 2. The minimum absolute atomic E-state index is 0.0456. The number of fused-ring (bicyclic) bond motifs is 1. The van der Waals surface area contributed by atoms with Gasteiger partial charge in [-0.3, -0.25) is 23.6 Å². The molecule has 2 fully saturated rings. The van der Waals surface area contributed by atoms with Gasteiger partial charge in [-0.15, -0.1) is 0 Å². The number of nitrogens with zero attached hydrogens (tertiary/aromatic N) is 5. The van der Waals surface area contributed by atoms with Crippen LogP contribution in [0.15, 0.2) is 29.1 Å². The molecule has 0 saturated carbocycles. The predicted octanol–water partition coefficient (Wildman–Crippen LogP) is 1.47. The van der Waals surface area contributed by atoms with Crippen molar-refractivity contribution in [2.24, 2.45) is 11.8 Å². The van der Waals surface area contributed by atoms with Crippen molar-refractivity contribution in [2.75, 3.05) is 45.8 Å². The molecule has 8 heteroatoms. The molecule has 174 valence electrons. The van der Waals surface area contributed by atoms with Crippen LogP contribution in [0.25, 0.3) is 11.0 Å². The minimum Gasteiger partial charge on any atom is -0.341 e. The Kier molecular flexibility index (Phi) is 6.69. The Bertz CT molecular complexity index is 1020. The van der Waals surface area contributed by atoms with Crippen LogP contribution in [0.3, 0.4) is 0 Å². The number of aryl methyl sites for hydroxylation is 1. The maximum Gasteiger partial charge on any atom is 0.329 e. The highest BCUT2D eigenvalue weighted by molar-refractivity contribution is 5.81. The van der Waals surface area contributed by atoms with E-state index in [1.54, 1.807) is 9.13 Å². The molecule has 1 aromatic heterocycles. The maximum atomic E-state index is 13.0. The van der Waals surface area contributed by atoms with Crippen LogP contribution in [0.5, 0.6) is 0 Å². The first-order chi connectivity index (χ1) is 15.4. The second kappa shape index (κ2) is 9.48. The lowest BCUT2D eigenvalue weighted by atomic mass is 9.92. The molecule has 0 spiro atoms. The van der Waals surface area contributed by atoms with Gasteiger partial charge >= 0.3 is 5.69 Å². The number of hydrogen-bond acceptors (Lipinski definition) is 4. The van der Waals surface area contributed by atoms with Crippen molar-refractivity contribution in [2.45, 2.75) is 40.3 Å². The Balaban J connectivity index is 1.34. The van der Waals surface area contributed by atoms with E-state index in [0.717, 1.165) is 24.1 Å². The van der Waals surface area contributed by atoms with Gasteiger partial charge in [-0.05, 0) is 37.3 Å². The van der Waals surface area contributed by atoms with Gasteiger partial charge in [0.2, 0.25) is 11.8 Å². The highest BCUT2D eigenvalue weighted by Crippen LogP contribution is 2.21. The van der Waals surface area contributed by atoms with Crippen molar-refractivity contribution in [1.82, 2.24) is 23.8 Å². The highest BCUT2D eigenvalue weighted by Gasteiger charge is 2.28. The predicted molar refractivity (Wildman–Crippen MR) is 124 cm³/mol. The van der Waals surface area contributed by atoms with E-state index in [0.29, 0.717) is 51.1 Å². The second-order valence-electron chi connectivity index (χ2n) is 9.50. The molecule has 2 aliphatic heterocycles. The number of piperazine rings is 1. The number of hydrogen-bond donors (Lipinski definition) is 0. The summed E-state index contributed by atoms with van der Waals surface area (Å²) < 4.78 is 3.28. The van der Waals surface area contributed by atoms with E-state index in [9.17, 15) is 14.4 Å². The molecule has 8 nitrogen and oxygen atoms in total. The zero-order valence-electron chi connectivity index (χ0n) is 19.5. The van der Waals surface area contributed by atoms with Crippen LogP contribution < -0.4 is 5.69 Å². The summed E-state index contributed by atoms with van der Waals surface area (Å²) in [5, 5.41) is 0. The van der Waals surface area contributed by atoms with Crippen molar-refractivity contribution in [1.29, 1.82) is 0 Å². The SMILES string of the molecule is CCn1c(=O)n(CC(=O)N2CCN(CC(=O)N3CC(C)CC(C)C3)CC2)c2ccccc21. The lowest BCUT2D eigenvalue weighted by Crippen LogP contribution is -2.53. The Morgan fingerprint density at radius 1 is 0.844 bits per heavy atom. The van der Waals surface area contributed by atoms with Gasteiger partial charge in [-0.25, -0.2) is 4.79 Å². The summed E-state index contributed by atoms with van der Waals surface area (Å²) in [5.74, 6) is 1.26. The molecular weight excluding hydrogens is 406 g/mol. The number of aromatic nitrogens is 2. The van der Waals surface area contributed by atoms with Gasteiger partial charge in [-0.2, -0.15) is 0 Å². The first kappa shape index (κ1) is 22.6. The average molecular weight is 442 g/mol. The van der Waals surface area contributed by atoms with Crippen molar-refractivity contribution in [3.05, 3.63) is 34.7 Å². The van der Waals surface area contributed by atoms with Gasteiger partial charge in [0.1, 0.15) is 6.54 Å². The third-order valence-electron chi connectivity index (χ3n) is 6.84. The maximum absolute atomic E-state index is 13.0. The van der Waals surface area contributed by atoms with E-state index < -0.39 is 0 Å². The monoisotopic (exact) mass is 441 g/mol. The Morgan fingerprint density at radius 2 is 1.41 bits per heavy atom. The molecule has 0 aliphatic carbocycles. The lowest BCUT2D eigenvalue weighted by Gasteiger charge is -2.38. The van der Waals surface area contributed by atoms with Crippen LogP contribution in [0.2, 0.25) is 0 Å². The number of carbonyl (C=O) groups is 2. The summed E-state index contributed by atoms with van der Waals surface area (Å²) in [5.41, 5.74) is 1.51. The topological polar surface area (TPSA) is 70.8 Å². The first-order valence-electron chi connectivity index (χ1n) is 11.8. The molecule has 0 radical (unpaired) electrons. The van der Waals surface area contributed by atoms with Crippen molar-refractivity contribution in [3.63, 3.8) is 0 Å². The number of piperidine rings is 1. The Morgan fingerprint density at radius 3 is 2.00 bits per heavy atom. The van der Waals surface area contributed by atoms with Gasteiger partial charge < -0.3 is 9.80 Å². The van der Waals surface area contributed by atoms with Gasteiger partial charge in [-0.1, -0.05) is 26.0 Å². The lowest BCUT2D eigenvalue weighted by molar-refractivity contribution is -0.137. The standard InChI is InChI=1S/C24H35N5O3/c1-4-28-20-7-5-6-8-21(20)29(24(28)32)17-23(31)26-11-9-25(10-12-26)16-22(30)27-14-18(2)13-19(3)15-27/h5-8,18-19H,4,9-17H2,1-3H3. The number of imidazole rings is 1. The number of amides is 2. The summed E-state index contributed by atoms with van der Waals surface area (Å²) in [6.07, 6.45) is 1.19. The molecule has 0 bridgehead atoms. The quantitative estimate of drug-likeness (QED) is 0.705. The third-order valence-corrected chi connectivity index (χ3v) is 6.84. The molecule has 2 aromatic rings. The molecule has 2 atom stereocenters. The van der Waals surface area contributed by atoms with E-state index in [1.807, 2.05) is 41.0 Å². The summed E-state index contributed by atoms with van der Waals surface area (Å²) in [4.78, 5) is 44.5. The van der Waals surface area contributed by atoms with Gasteiger partial charge in [0, 0.05) is 45.8 Å². The van der Waals surface area contributed by atoms with E-state index in [-0.39, 0.29) is 24.0 Å². The third kappa shape index (κ3) is 4.60. The van der Waals surface area contributed by atoms with Crippen molar-refractivity contribution in [3.8, 4) is 0 Å². The Hall–Kier alpha value is -2.61. The molecule has 3 heterocycles. The molecule has 2 unspecified atom stereocenters. The first-order valence-corrected chi connectivity index (χ1v) is 11.8. The molecule has 2 amide bonds. The summed E-state index contributed by atoms with van der Waals surface area (Å²) in [6, 6.07) is 7.61. The van der Waals surface area contributed by atoms with Crippen LogP contribution in [0.1, 0.15) is 27.2 Å². The molecule has 0 N–H and O–H groups in total. The molecule has 1 aromatic carbocycles. The van der Waals surface area contributed by atoms with Crippen LogP contribution in [-0.4, -0.2) is 81.5 Å². The molecule has 2 saturated heterocycles. The molecule has 32 heavy (non-hydrogen) atoms. The van der Waals surface area contributed by atoms with E-state index in [1.165, 1.54) is 6.42 Å². The van der Waals surface area contributed by atoms with Crippen molar-refractivity contribution >= 4 is 22.8 Å². The number of rotatable bonds is 5. The molecule has 2 aliphatic rings. The fourth-order valence-electron chi connectivity index (χ4n) is 5.28. The number of para-hydroxylation sites is 2. The van der Waals surface area contributed by atoms with Crippen LogP contribution in [-0.2, 0) is 22.7 Å². The average Bonchev–Trinajstić information content (AvgIpc) is 3.04. The largest absolute Gasteiger partial charge is 0.341 e. The summed E-state index contributed by atoms with van der Waals surface area (Å²) >= 11 is 0. The van der Waals surface area contributed by atoms with E-state index >= 15 is 0 Å². The van der Waals surface area contributed by atoms with E-state index in [2.05, 4.69) is 18.7 Å². The van der Waals surface area contributed by atoms with Gasteiger partial charge in [0.25, 0.3) is 0 Å². The summed E-state index contributed by atoms with van der Waals surface area (Å²) in [7, 11) is 0. The van der Waals surface area contributed by atoms with Gasteiger partial charge in [0.05, 0.1) is 17.6 Å².